The summed E-state index contributed by atoms with van der Waals surface area (Å²) in [6.07, 6.45) is 23.3. The second-order valence-electron chi connectivity index (χ2n) is 8.53. The number of unbranched alkanes of at least 4 members (excludes halogenated alkanes) is 16. The van der Waals surface area contributed by atoms with E-state index in [0.29, 0.717) is 19.8 Å². The van der Waals surface area contributed by atoms with Crippen molar-refractivity contribution in [3.05, 3.63) is 0 Å². The van der Waals surface area contributed by atoms with Gasteiger partial charge in [-0.05, 0) is 40.2 Å². The maximum Gasteiger partial charge on any atom is 0.500 e. The predicted octanol–water partition coefficient (Wildman–Crippen LogP) is 7.63. The van der Waals surface area contributed by atoms with Gasteiger partial charge in [0.05, 0.1) is 0 Å². The van der Waals surface area contributed by atoms with Gasteiger partial charge in [-0.2, -0.15) is 0 Å². The fourth-order valence-electron chi connectivity index (χ4n) is 4.14. The highest BCUT2D eigenvalue weighted by Crippen LogP contribution is 2.21. The molecule has 0 unspecified atom stereocenters. The summed E-state index contributed by atoms with van der Waals surface area (Å²) in [5, 5.41) is 0. The van der Waals surface area contributed by atoms with E-state index in [0.717, 1.165) is 12.6 Å². The van der Waals surface area contributed by atoms with E-state index >= 15 is 0 Å². The molecule has 0 aliphatic carbocycles. The summed E-state index contributed by atoms with van der Waals surface area (Å²) in [7, 11) is -2.41. The van der Waals surface area contributed by atoms with Crippen molar-refractivity contribution in [2.24, 2.45) is 5.73 Å². The van der Waals surface area contributed by atoms with Crippen LogP contribution in [0.5, 0.6) is 0 Å². The molecule has 0 saturated carbocycles. The Morgan fingerprint density at radius 1 is 0.433 bits per heavy atom. The van der Waals surface area contributed by atoms with Crippen LogP contribution in [0.3, 0.4) is 0 Å². The van der Waals surface area contributed by atoms with Crippen molar-refractivity contribution < 1.29 is 13.3 Å². The summed E-state index contributed by atoms with van der Waals surface area (Å²) < 4.78 is 17.8. The first kappa shape index (κ1) is 30.1. The summed E-state index contributed by atoms with van der Waals surface area (Å²) in [5.74, 6) is 0. The Labute approximate surface area is 190 Å². The van der Waals surface area contributed by atoms with E-state index < -0.39 is 8.80 Å². The van der Waals surface area contributed by atoms with Crippen LogP contribution in [0.1, 0.15) is 130 Å². The Balaban J connectivity index is 3.41. The first-order chi connectivity index (χ1) is 14.7. The highest BCUT2D eigenvalue weighted by Gasteiger charge is 2.39. The molecule has 0 aromatic carbocycles. The molecule has 0 heterocycles. The van der Waals surface area contributed by atoms with Crippen LogP contribution in [0, 0.1) is 0 Å². The van der Waals surface area contributed by atoms with Crippen molar-refractivity contribution >= 4 is 8.80 Å². The molecule has 30 heavy (non-hydrogen) atoms. The minimum absolute atomic E-state index is 0.682. The second-order valence-corrected chi connectivity index (χ2v) is 11.3. The van der Waals surface area contributed by atoms with E-state index in [4.69, 9.17) is 19.0 Å². The zero-order valence-electron chi connectivity index (χ0n) is 20.9. The quantitative estimate of drug-likeness (QED) is 0.116. The molecule has 0 saturated heterocycles. The molecule has 4 nitrogen and oxygen atoms in total. The zero-order valence-corrected chi connectivity index (χ0v) is 21.9. The fraction of sp³-hybridized carbons (Fsp3) is 1.00. The molecule has 0 fully saturated rings. The van der Waals surface area contributed by atoms with Crippen molar-refractivity contribution in [3.8, 4) is 0 Å². The van der Waals surface area contributed by atoms with Crippen LogP contribution in [0.15, 0.2) is 0 Å². The highest BCUT2D eigenvalue weighted by atomic mass is 28.4. The number of hydrogen-bond donors (Lipinski definition) is 1. The monoisotopic (exact) mass is 445 g/mol. The summed E-state index contributed by atoms with van der Waals surface area (Å²) in [4.78, 5) is 0. The van der Waals surface area contributed by atoms with Gasteiger partial charge in [-0.3, -0.25) is 0 Å². The van der Waals surface area contributed by atoms with Crippen LogP contribution in [0.4, 0.5) is 0 Å². The number of hydrogen-bond acceptors (Lipinski definition) is 4. The van der Waals surface area contributed by atoms with Crippen LogP contribution in [0.2, 0.25) is 6.04 Å². The van der Waals surface area contributed by atoms with Crippen molar-refractivity contribution in [1.82, 2.24) is 0 Å². The van der Waals surface area contributed by atoms with Crippen LogP contribution in [-0.2, 0) is 13.3 Å². The van der Waals surface area contributed by atoms with Crippen molar-refractivity contribution in [3.63, 3.8) is 0 Å². The Morgan fingerprint density at radius 3 is 0.967 bits per heavy atom. The smallest absolute Gasteiger partial charge is 0.374 e. The molecule has 2 N–H and O–H groups in total. The summed E-state index contributed by atoms with van der Waals surface area (Å²) >= 11 is 0. The SMILES string of the molecule is CCO[Si](CCCCCCCCCCCCCCCCCCCN)(OCC)OCC. The minimum atomic E-state index is -2.41. The molecule has 0 rings (SSSR count). The maximum absolute atomic E-state index is 5.93. The summed E-state index contributed by atoms with van der Waals surface area (Å²) in [6, 6.07) is 0.968. The molecule has 0 bridgehead atoms. The van der Waals surface area contributed by atoms with Crippen molar-refractivity contribution in [2.75, 3.05) is 26.4 Å². The van der Waals surface area contributed by atoms with E-state index in [2.05, 4.69) is 0 Å². The number of nitrogens with two attached hydrogens (primary N) is 1. The molecular weight excluding hydrogens is 390 g/mol. The third kappa shape index (κ3) is 18.8. The first-order valence-electron chi connectivity index (χ1n) is 13.4. The molecule has 0 aliphatic heterocycles. The van der Waals surface area contributed by atoms with Gasteiger partial charge in [-0.15, -0.1) is 0 Å². The third-order valence-electron chi connectivity index (χ3n) is 5.78. The predicted molar refractivity (Wildman–Crippen MR) is 133 cm³/mol. The highest BCUT2D eigenvalue weighted by molar-refractivity contribution is 6.60. The van der Waals surface area contributed by atoms with Gasteiger partial charge in [0, 0.05) is 25.9 Å². The van der Waals surface area contributed by atoms with Crippen molar-refractivity contribution in [2.45, 2.75) is 136 Å². The third-order valence-corrected chi connectivity index (χ3v) is 8.93. The molecule has 0 amide bonds. The lowest BCUT2D eigenvalue weighted by molar-refractivity contribution is 0.0706. The van der Waals surface area contributed by atoms with Gasteiger partial charge in [0.2, 0.25) is 0 Å². The van der Waals surface area contributed by atoms with Gasteiger partial charge >= 0.3 is 8.80 Å². The summed E-state index contributed by atoms with van der Waals surface area (Å²) in [5.41, 5.74) is 5.53. The molecular formula is C25H55NO3Si. The molecule has 5 heteroatoms. The Morgan fingerprint density at radius 2 is 0.700 bits per heavy atom. The first-order valence-corrected chi connectivity index (χ1v) is 15.3. The van der Waals surface area contributed by atoms with Gasteiger partial charge in [-0.25, -0.2) is 0 Å². The molecule has 0 aromatic rings. The van der Waals surface area contributed by atoms with Crippen LogP contribution in [0.25, 0.3) is 0 Å². The molecule has 0 aliphatic rings. The second kappa shape index (κ2) is 23.7. The van der Waals surface area contributed by atoms with E-state index in [9.17, 15) is 0 Å². The van der Waals surface area contributed by atoms with E-state index in [1.807, 2.05) is 20.8 Å². The Bertz CT molecular complexity index is 314. The molecule has 0 aromatic heterocycles. The van der Waals surface area contributed by atoms with Gasteiger partial charge < -0.3 is 19.0 Å². The van der Waals surface area contributed by atoms with Gasteiger partial charge in [0.1, 0.15) is 0 Å². The molecule has 0 spiro atoms. The van der Waals surface area contributed by atoms with Gasteiger partial charge in [0.15, 0.2) is 0 Å². The number of rotatable bonds is 25. The largest absolute Gasteiger partial charge is 0.500 e. The van der Waals surface area contributed by atoms with Gasteiger partial charge in [-0.1, -0.05) is 96.3 Å². The van der Waals surface area contributed by atoms with E-state index in [-0.39, 0.29) is 0 Å². The standard InChI is InChI=1S/C25H55NO3Si/c1-4-27-30(28-5-2,29-6-3)25-23-21-19-17-15-13-11-9-7-8-10-12-14-16-18-20-22-24-26/h4-26H2,1-3H3. The zero-order chi connectivity index (χ0) is 22.2. The molecule has 0 atom stereocenters. The maximum atomic E-state index is 5.93. The molecule has 182 valence electrons. The average molecular weight is 446 g/mol. The molecule has 0 radical (unpaired) electrons. The van der Waals surface area contributed by atoms with Crippen molar-refractivity contribution in [1.29, 1.82) is 0 Å². The lowest BCUT2D eigenvalue weighted by Crippen LogP contribution is -2.45. The average Bonchev–Trinajstić information content (AvgIpc) is 2.73. The lowest BCUT2D eigenvalue weighted by Gasteiger charge is -2.28. The van der Waals surface area contributed by atoms with Gasteiger partial charge in [0.25, 0.3) is 0 Å². The lowest BCUT2D eigenvalue weighted by atomic mass is 10.0. The van der Waals surface area contributed by atoms with E-state index in [1.54, 1.807) is 0 Å². The Kier molecular flexibility index (Phi) is 23.8. The topological polar surface area (TPSA) is 53.7 Å². The fourth-order valence-corrected chi connectivity index (χ4v) is 6.82. The Hall–Kier alpha value is 0.0569. The van der Waals surface area contributed by atoms with E-state index in [1.165, 1.54) is 109 Å². The van der Waals surface area contributed by atoms with Crippen LogP contribution < -0.4 is 5.73 Å². The minimum Gasteiger partial charge on any atom is -0.374 e. The normalized spacial score (nSPS) is 12.0. The van der Waals surface area contributed by atoms with Crippen LogP contribution >= 0.6 is 0 Å². The van der Waals surface area contributed by atoms with Crippen LogP contribution in [-0.4, -0.2) is 35.2 Å². The summed E-state index contributed by atoms with van der Waals surface area (Å²) in [6.45, 7) is 9.01.